The number of ketones is 1. The molecule has 4 rings (SSSR count). The Balaban J connectivity index is 1.63. The lowest BCUT2D eigenvalue weighted by molar-refractivity contribution is -0.137. The van der Waals surface area contributed by atoms with Gasteiger partial charge in [-0.1, -0.05) is 38.5 Å². The first kappa shape index (κ1) is 25.7. The van der Waals surface area contributed by atoms with E-state index in [2.05, 4.69) is 13.8 Å². The lowest BCUT2D eigenvalue weighted by Crippen LogP contribution is -2.45. The normalized spacial score (nSPS) is 37.6. The quantitative estimate of drug-likeness (QED) is 0.399. The average Bonchev–Trinajstić information content (AvgIpc) is 3.20. The van der Waals surface area contributed by atoms with Crippen LogP contribution < -0.4 is 0 Å². The minimum Gasteiger partial charge on any atom is -0.458 e. The van der Waals surface area contributed by atoms with Crippen LogP contribution in [0.1, 0.15) is 69.8 Å². The number of alkyl halides is 3. The first-order valence-electron chi connectivity index (χ1n) is 12.2. The van der Waals surface area contributed by atoms with Crippen molar-refractivity contribution in [2.75, 3.05) is 0 Å². The highest BCUT2D eigenvalue weighted by Gasteiger charge is 2.59. The van der Waals surface area contributed by atoms with E-state index in [9.17, 15) is 27.9 Å². The zero-order chi connectivity index (χ0) is 25.9. The molecule has 3 aliphatic carbocycles. The Labute approximate surface area is 204 Å². The van der Waals surface area contributed by atoms with E-state index in [0.717, 1.165) is 42.7 Å². The first-order chi connectivity index (χ1) is 16.2. The summed E-state index contributed by atoms with van der Waals surface area (Å²) in [6.07, 6.45) is 0.490. The van der Waals surface area contributed by atoms with Gasteiger partial charge in [-0.25, -0.2) is 4.79 Å². The summed E-state index contributed by atoms with van der Waals surface area (Å²) in [5.41, 5.74) is -0.923. The predicted octanol–water partition coefficient (Wildman–Crippen LogP) is 6.15. The molecule has 1 N–H and O–H groups in total. The van der Waals surface area contributed by atoms with E-state index in [1.54, 1.807) is 6.92 Å². The number of Topliss-reactive ketones (excluding diaryl/α,β-unsaturated/α-hetero) is 1. The second kappa shape index (κ2) is 8.61. The first-order valence-corrected chi connectivity index (χ1v) is 12.2. The third kappa shape index (κ3) is 4.59. The summed E-state index contributed by atoms with van der Waals surface area (Å²) in [6, 6.07) is 3.85. The molecule has 6 atom stereocenters. The molecule has 3 aliphatic rings. The number of halogens is 3. The van der Waals surface area contributed by atoms with Crippen molar-refractivity contribution >= 4 is 11.8 Å². The summed E-state index contributed by atoms with van der Waals surface area (Å²) in [5, 5.41) is 11.7. The highest BCUT2D eigenvalue weighted by Crippen LogP contribution is 2.62. The van der Waals surface area contributed by atoms with Crippen LogP contribution in [-0.4, -0.2) is 28.6 Å². The van der Waals surface area contributed by atoms with E-state index in [1.807, 2.05) is 26.0 Å². The monoisotopic (exact) mass is 490 g/mol. The van der Waals surface area contributed by atoms with Crippen molar-refractivity contribution in [1.82, 2.24) is 0 Å². The Hall–Kier alpha value is -2.41. The number of allylic oxidation sites excluding steroid dienone is 2. The summed E-state index contributed by atoms with van der Waals surface area (Å²) in [4.78, 5) is 26.4. The number of carbonyl (C=O) groups excluding carboxylic acids is 2. The lowest BCUT2D eigenvalue weighted by Gasteiger charge is -2.30. The van der Waals surface area contributed by atoms with Gasteiger partial charge >= 0.3 is 12.1 Å². The van der Waals surface area contributed by atoms with Gasteiger partial charge in [0.2, 0.25) is 0 Å². The summed E-state index contributed by atoms with van der Waals surface area (Å²) in [5.74, 6) is -1.44. The van der Waals surface area contributed by atoms with Crippen LogP contribution in [0.4, 0.5) is 13.2 Å². The molecule has 0 aromatic heterocycles. The molecule has 190 valence electrons. The zero-order valence-electron chi connectivity index (χ0n) is 20.8. The van der Waals surface area contributed by atoms with E-state index in [-0.39, 0.29) is 35.0 Å². The van der Waals surface area contributed by atoms with Gasteiger partial charge in [0.25, 0.3) is 0 Å². The maximum atomic E-state index is 13.5. The molecule has 0 saturated heterocycles. The Morgan fingerprint density at radius 2 is 1.71 bits per heavy atom. The standard InChI is InChI=1S/C28H33F3O4/c1-15-6-11-20-21(26(20,4)5)13-16(2)24(32)27(34)14-17(3)23(22(27)12-15)35-25(33)18-7-9-19(10-8-18)28(29,30)31/h7-10,12-13,17,20-23,34H,6,11,14H2,1-5H3/b15-12+,16-13+/t17-,20-,21+,22-,23-,27+/m0/s1. The Kier molecular flexibility index (Phi) is 6.32. The van der Waals surface area contributed by atoms with Gasteiger partial charge < -0.3 is 9.84 Å². The summed E-state index contributed by atoms with van der Waals surface area (Å²) in [6.45, 7) is 9.92. The van der Waals surface area contributed by atoms with Gasteiger partial charge in [-0.3, -0.25) is 4.79 Å². The Morgan fingerprint density at radius 3 is 2.31 bits per heavy atom. The third-order valence-corrected chi connectivity index (χ3v) is 8.42. The highest BCUT2D eigenvalue weighted by atomic mass is 19.4. The number of hydrogen-bond donors (Lipinski definition) is 1. The van der Waals surface area contributed by atoms with Crippen LogP contribution in [0.25, 0.3) is 0 Å². The van der Waals surface area contributed by atoms with Crippen LogP contribution in [0.15, 0.2) is 47.6 Å². The third-order valence-electron chi connectivity index (χ3n) is 8.42. The SMILES string of the molecule is C/C1=C\[C@H]2[C@@H](OC(=O)c3ccc(C(F)(F)F)cc3)[C@@H](C)C[C@]2(O)C(=O)/C(C)=C/[C@@H]2[C@H](CC1)C2(C)C. The zero-order valence-corrected chi connectivity index (χ0v) is 20.8. The molecule has 1 aromatic rings. The van der Waals surface area contributed by atoms with Crippen molar-refractivity contribution in [1.29, 1.82) is 0 Å². The molecule has 2 fully saturated rings. The average molecular weight is 491 g/mol. The molecule has 0 unspecified atom stereocenters. The number of esters is 1. The number of rotatable bonds is 2. The Bertz CT molecular complexity index is 1080. The van der Waals surface area contributed by atoms with Crippen molar-refractivity contribution in [3.63, 3.8) is 0 Å². The fourth-order valence-electron chi connectivity index (χ4n) is 6.15. The van der Waals surface area contributed by atoms with Crippen LogP contribution in [0.2, 0.25) is 0 Å². The largest absolute Gasteiger partial charge is 0.458 e. The van der Waals surface area contributed by atoms with Gasteiger partial charge in [0.1, 0.15) is 11.7 Å². The van der Waals surface area contributed by atoms with Crippen molar-refractivity contribution in [2.45, 2.75) is 71.8 Å². The van der Waals surface area contributed by atoms with E-state index < -0.39 is 35.3 Å². The number of aliphatic hydroxyl groups is 1. The molecule has 0 aliphatic heterocycles. The predicted molar refractivity (Wildman–Crippen MR) is 125 cm³/mol. The fourth-order valence-corrected chi connectivity index (χ4v) is 6.15. The molecule has 35 heavy (non-hydrogen) atoms. The van der Waals surface area contributed by atoms with Crippen molar-refractivity contribution in [3.05, 3.63) is 58.7 Å². The van der Waals surface area contributed by atoms with Crippen molar-refractivity contribution in [2.24, 2.45) is 29.1 Å². The summed E-state index contributed by atoms with van der Waals surface area (Å²) < 4.78 is 44.4. The number of benzene rings is 1. The molecule has 2 saturated carbocycles. The molecule has 1 aromatic carbocycles. The van der Waals surface area contributed by atoms with Crippen LogP contribution in [0, 0.1) is 29.1 Å². The fraction of sp³-hybridized carbons (Fsp3) is 0.571. The van der Waals surface area contributed by atoms with E-state index in [4.69, 9.17) is 4.74 Å². The molecule has 0 heterocycles. The second-order valence-electron chi connectivity index (χ2n) is 11.3. The molecule has 4 nitrogen and oxygen atoms in total. The Morgan fingerprint density at radius 1 is 1.09 bits per heavy atom. The van der Waals surface area contributed by atoms with Gasteiger partial charge in [0.15, 0.2) is 5.78 Å². The molecule has 0 radical (unpaired) electrons. The van der Waals surface area contributed by atoms with Crippen LogP contribution in [-0.2, 0) is 15.7 Å². The maximum Gasteiger partial charge on any atom is 0.416 e. The van der Waals surface area contributed by atoms with Crippen LogP contribution in [0.5, 0.6) is 0 Å². The van der Waals surface area contributed by atoms with Crippen LogP contribution in [0.3, 0.4) is 0 Å². The minimum atomic E-state index is -4.50. The number of ether oxygens (including phenoxy) is 1. The molecule has 0 amide bonds. The molecule has 0 spiro atoms. The maximum absolute atomic E-state index is 13.5. The van der Waals surface area contributed by atoms with E-state index in [0.29, 0.717) is 11.5 Å². The molecule has 0 bridgehead atoms. The van der Waals surface area contributed by atoms with E-state index in [1.165, 1.54) is 0 Å². The smallest absolute Gasteiger partial charge is 0.416 e. The van der Waals surface area contributed by atoms with Gasteiger partial charge in [-0.2, -0.15) is 13.2 Å². The van der Waals surface area contributed by atoms with Gasteiger partial charge in [-0.05, 0) is 86.1 Å². The van der Waals surface area contributed by atoms with Crippen LogP contribution >= 0.6 is 0 Å². The molecular weight excluding hydrogens is 457 g/mol. The topological polar surface area (TPSA) is 63.6 Å². The number of hydrogen-bond acceptors (Lipinski definition) is 4. The summed E-state index contributed by atoms with van der Waals surface area (Å²) in [7, 11) is 0. The van der Waals surface area contributed by atoms with Gasteiger partial charge in [0.05, 0.1) is 17.0 Å². The van der Waals surface area contributed by atoms with Crippen molar-refractivity contribution < 1.29 is 32.6 Å². The van der Waals surface area contributed by atoms with E-state index >= 15 is 0 Å². The number of carbonyl (C=O) groups is 2. The molecule has 7 heteroatoms. The minimum absolute atomic E-state index is 0.0114. The second-order valence-corrected chi connectivity index (χ2v) is 11.3. The molecular formula is C28H33F3O4. The van der Waals surface area contributed by atoms with Crippen molar-refractivity contribution in [3.8, 4) is 0 Å². The summed E-state index contributed by atoms with van der Waals surface area (Å²) >= 11 is 0. The van der Waals surface area contributed by atoms with Gasteiger partial charge in [0, 0.05) is 0 Å². The number of fused-ring (bicyclic) bond motifs is 2. The highest BCUT2D eigenvalue weighted by molar-refractivity contribution is 6.02. The lowest BCUT2D eigenvalue weighted by atomic mass is 9.81. The van der Waals surface area contributed by atoms with Gasteiger partial charge in [-0.15, -0.1) is 0 Å².